The number of aryl methyl sites for hydroxylation is 1. The van der Waals surface area contributed by atoms with E-state index in [-0.39, 0.29) is 5.25 Å². The molecule has 1 aliphatic rings. The fourth-order valence-electron chi connectivity index (χ4n) is 1.61. The lowest BCUT2D eigenvalue weighted by molar-refractivity contribution is -0.112. The largest absolute Gasteiger partial charge is 0.367 e. The molecule has 0 amide bonds. The molecule has 7 heteroatoms. The second kappa shape index (κ2) is 4.08. The van der Waals surface area contributed by atoms with Gasteiger partial charge >= 0.3 is 5.69 Å². The predicted octanol–water partition coefficient (Wildman–Crippen LogP) is -0.619. The van der Waals surface area contributed by atoms with E-state index < -0.39 is 23.8 Å². The van der Waals surface area contributed by atoms with Gasteiger partial charge in [-0.1, -0.05) is 0 Å². The molecule has 0 radical (unpaired) electrons. The lowest BCUT2D eigenvalue weighted by atomic mass is 10.3. The molecule has 0 aromatic carbocycles. The molecule has 1 fully saturated rings. The molecule has 2 N–H and O–H groups in total. The van der Waals surface area contributed by atoms with Crippen LogP contribution in [0.3, 0.4) is 0 Å². The molecule has 16 heavy (non-hydrogen) atoms. The fourth-order valence-corrected chi connectivity index (χ4v) is 1.86. The zero-order valence-corrected chi connectivity index (χ0v) is 9.48. The molecule has 2 rings (SSSR count). The summed E-state index contributed by atoms with van der Waals surface area (Å²) in [5, 5.41) is 9.03. The molecule has 1 aromatic heterocycles. The standard InChI is InChI=1S/C9H12N2O4S/c1-4-3-11(9(14)10-7(4)12)6-2-5(16)8(13)15-6/h3,5-6,8,13,16H,2H2,1H3,(H,10,12,14). The van der Waals surface area contributed by atoms with Gasteiger partial charge in [-0.05, 0) is 6.92 Å². The SMILES string of the molecule is Cc1cn(C2CC(S)C(O)O2)c(=O)[nH]c1=O. The Morgan fingerprint density at radius 3 is 2.88 bits per heavy atom. The van der Waals surface area contributed by atoms with Gasteiger partial charge in [0.25, 0.3) is 5.56 Å². The normalized spacial score (nSPS) is 29.6. The molecule has 0 aliphatic carbocycles. The number of aromatic nitrogens is 2. The van der Waals surface area contributed by atoms with E-state index in [9.17, 15) is 14.7 Å². The van der Waals surface area contributed by atoms with E-state index in [0.717, 1.165) is 0 Å². The molecule has 6 nitrogen and oxygen atoms in total. The Balaban J connectivity index is 2.39. The Morgan fingerprint density at radius 2 is 2.31 bits per heavy atom. The minimum absolute atomic E-state index is 0.330. The maximum atomic E-state index is 11.5. The first-order valence-electron chi connectivity index (χ1n) is 4.82. The molecule has 0 bridgehead atoms. The van der Waals surface area contributed by atoms with Gasteiger partial charge in [-0.25, -0.2) is 4.79 Å². The van der Waals surface area contributed by atoms with Crippen LogP contribution >= 0.6 is 12.6 Å². The van der Waals surface area contributed by atoms with Crippen LogP contribution in [0.15, 0.2) is 15.8 Å². The molecule has 3 unspecified atom stereocenters. The van der Waals surface area contributed by atoms with E-state index in [1.807, 2.05) is 0 Å². The molecule has 1 aliphatic heterocycles. The quantitative estimate of drug-likeness (QED) is 0.575. The fraction of sp³-hybridized carbons (Fsp3) is 0.556. The van der Waals surface area contributed by atoms with Crippen LogP contribution in [-0.2, 0) is 4.74 Å². The summed E-state index contributed by atoms with van der Waals surface area (Å²) in [7, 11) is 0. The summed E-state index contributed by atoms with van der Waals surface area (Å²) in [5.74, 6) is 0. The third kappa shape index (κ3) is 1.93. The molecule has 1 aromatic rings. The molecule has 1 saturated heterocycles. The minimum atomic E-state index is -0.993. The summed E-state index contributed by atoms with van der Waals surface area (Å²) in [6.07, 6.45) is 0.257. The van der Waals surface area contributed by atoms with Crippen molar-refractivity contribution >= 4 is 12.6 Å². The van der Waals surface area contributed by atoms with Crippen LogP contribution in [-0.4, -0.2) is 26.2 Å². The van der Waals surface area contributed by atoms with Crippen LogP contribution in [0.25, 0.3) is 0 Å². The van der Waals surface area contributed by atoms with Crippen LogP contribution in [0, 0.1) is 6.92 Å². The minimum Gasteiger partial charge on any atom is -0.367 e. The lowest BCUT2D eigenvalue weighted by Crippen LogP contribution is -2.33. The lowest BCUT2D eigenvalue weighted by Gasteiger charge is -2.13. The highest BCUT2D eigenvalue weighted by molar-refractivity contribution is 7.81. The number of aliphatic hydroxyl groups is 1. The zero-order valence-electron chi connectivity index (χ0n) is 8.58. The molecular weight excluding hydrogens is 232 g/mol. The summed E-state index contributed by atoms with van der Waals surface area (Å²) in [6, 6.07) is 0. The van der Waals surface area contributed by atoms with Gasteiger partial charge in [-0.15, -0.1) is 0 Å². The number of aliphatic hydroxyl groups excluding tert-OH is 1. The topological polar surface area (TPSA) is 84.3 Å². The zero-order chi connectivity index (χ0) is 11.9. The highest BCUT2D eigenvalue weighted by Gasteiger charge is 2.33. The first-order valence-corrected chi connectivity index (χ1v) is 5.34. The summed E-state index contributed by atoms with van der Waals surface area (Å²) >= 11 is 4.11. The highest BCUT2D eigenvalue weighted by atomic mass is 32.1. The number of ether oxygens (including phenoxy) is 1. The van der Waals surface area contributed by atoms with Crippen molar-refractivity contribution in [1.82, 2.24) is 9.55 Å². The van der Waals surface area contributed by atoms with Crippen molar-refractivity contribution < 1.29 is 9.84 Å². The van der Waals surface area contributed by atoms with Gasteiger partial charge in [0.15, 0.2) is 6.29 Å². The number of hydrogen-bond acceptors (Lipinski definition) is 5. The van der Waals surface area contributed by atoms with Gasteiger partial charge < -0.3 is 9.84 Å². The molecular formula is C9H12N2O4S. The second-order valence-corrected chi connectivity index (χ2v) is 4.43. The van der Waals surface area contributed by atoms with Crippen LogP contribution < -0.4 is 11.2 Å². The van der Waals surface area contributed by atoms with Crippen LogP contribution in [0.1, 0.15) is 18.2 Å². The van der Waals surface area contributed by atoms with Gasteiger partial charge in [0.2, 0.25) is 0 Å². The maximum Gasteiger partial charge on any atom is 0.330 e. The highest BCUT2D eigenvalue weighted by Crippen LogP contribution is 2.29. The molecule has 2 heterocycles. The van der Waals surface area contributed by atoms with Crippen molar-refractivity contribution in [2.45, 2.75) is 31.1 Å². The van der Waals surface area contributed by atoms with E-state index >= 15 is 0 Å². The summed E-state index contributed by atoms with van der Waals surface area (Å²) < 4.78 is 6.42. The number of thiol groups is 1. The average Bonchev–Trinajstić information content (AvgIpc) is 2.53. The first-order chi connectivity index (χ1) is 7.49. The average molecular weight is 244 g/mol. The van der Waals surface area contributed by atoms with Gasteiger partial charge in [0, 0.05) is 18.2 Å². The van der Waals surface area contributed by atoms with Crippen molar-refractivity contribution in [3.05, 3.63) is 32.6 Å². The first kappa shape index (κ1) is 11.4. The van der Waals surface area contributed by atoms with Crippen molar-refractivity contribution in [2.75, 3.05) is 0 Å². The van der Waals surface area contributed by atoms with Crippen molar-refractivity contribution in [3.63, 3.8) is 0 Å². The van der Waals surface area contributed by atoms with Crippen LogP contribution in [0.5, 0.6) is 0 Å². The molecule has 88 valence electrons. The third-order valence-corrected chi connectivity index (χ3v) is 2.99. The molecule has 0 spiro atoms. The van der Waals surface area contributed by atoms with E-state index in [4.69, 9.17) is 4.74 Å². The van der Waals surface area contributed by atoms with Gasteiger partial charge in [0.05, 0.1) is 5.25 Å². The van der Waals surface area contributed by atoms with E-state index in [1.54, 1.807) is 6.92 Å². The Hall–Kier alpha value is -1.05. The number of nitrogens with zero attached hydrogens (tertiary/aromatic N) is 1. The number of rotatable bonds is 1. The van der Waals surface area contributed by atoms with Gasteiger partial charge in [0.1, 0.15) is 6.23 Å². The van der Waals surface area contributed by atoms with Crippen LogP contribution in [0.4, 0.5) is 0 Å². The molecule has 0 saturated carbocycles. The Kier molecular flexibility index (Phi) is 2.92. The smallest absolute Gasteiger partial charge is 0.330 e. The second-order valence-electron chi connectivity index (χ2n) is 3.76. The number of nitrogens with one attached hydrogen (secondary N) is 1. The summed E-state index contributed by atoms with van der Waals surface area (Å²) in [4.78, 5) is 24.9. The van der Waals surface area contributed by atoms with E-state index in [0.29, 0.717) is 12.0 Å². The summed E-state index contributed by atoms with van der Waals surface area (Å²) in [5.41, 5.74) is -0.544. The van der Waals surface area contributed by atoms with E-state index in [2.05, 4.69) is 17.6 Å². The Labute approximate surface area is 96.3 Å². The van der Waals surface area contributed by atoms with Crippen molar-refractivity contribution in [1.29, 1.82) is 0 Å². The monoisotopic (exact) mass is 244 g/mol. The van der Waals surface area contributed by atoms with E-state index in [1.165, 1.54) is 10.8 Å². The van der Waals surface area contributed by atoms with Crippen molar-refractivity contribution in [2.24, 2.45) is 0 Å². The van der Waals surface area contributed by atoms with Crippen molar-refractivity contribution in [3.8, 4) is 0 Å². The maximum absolute atomic E-state index is 11.5. The molecule has 3 atom stereocenters. The number of aromatic amines is 1. The number of H-pyrrole nitrogens is 1. The third-order valence-electron chi connectivity index (χ3n) is 2.52. The van der Waals surface area contributed by atoms with Crippen LogP contribution in [0.2, 0.25) is 0 Å². The van der Waals surface area contributed by atoms with Gasteiger partial charge in [-0.3, -0.25) is 14.3 Å². The summed E-state index contributed by atoms with van der Waals surface area (Å²) in [6.45, 7) is 1.60. The van der Waals surface area contributed by atoms with Gasteiger partial charge in [-0.2, -0.15) is 12.6 Å². The Morgan fingerprint density at radius 1 is 1.62 bits per heavy atom. The number of hydrogen-bond donors (Lipinski definition) is 3. The predicted molar refractivity (Wildman–Crippen MR) is 59.6 cm³/mol. The Bertz CT molecular complexity index is 499.